The standard InChI is InChI=1S/C54H104O6/c1-7-50(6)42-36-30-23-20-21-25-33-39-45-54(57)60-51(47-59-53(56)44-38-32-27-26-29-35-41-49(4)5)46-58-52(55)43-37-31-24-19-17-15-13-11-9-8-10-12-14-16-18-22-28-34-40-48(2)3/h48-51H,7-47H2,1-6H3/t50?,51-/m1/s1. The van der Waals surface area contributed by atoms with Crippen molar-refractivity contribution in [3.05, 3.63) is 0 Å². The third-order valence-electron chi connectivity index (χ3n) is 12.5. The Morgan fingerprint density at radius 1 is 0.333 bits per heavy atom. The summed E-state index contributed by atoms with van der Waals surface area (Å²) in [6.45, 7) is 13.7. The second kappa shape index (κ2) is 45.4. The van der Waals surface area contributed by atoms with Crippen LogP contribution in [-0.4, -0.2) is 37.2 Å². The lowest BCUT2D eigenvalue weighted by Gasteiger charge is -2.18. The molecule has 0 aromatic carbocycles. The topological polar surface area (TPSA) is 78.9 Å². The van der Waals surface area contributed by atoms with Gasteiger partial charge in [-0.05, 0) is 37.0 Å². The van der Waals surface area contributed by atoms with E-state index in [9.17, 15) is 14.4 Å². The fraction of sp³-hybridized carbons (Fsp3) is 0.944. The van der Waals surface area contributed by atoms with Gasteiger partial charge in [0.05, 0.1) is 0 Å². The summed E-state index contributed by atoms with van der Waals surface area (Å²) in [4.78, 5) is 37.9. The lowest BCUT2D eigenvalue weighted by Crippen LogP contribution is -2.30. The lowest BCUT2D eigenvalue weighted by molar-refractivity contribution is -0.167. The number of hydrogen-bond donors (Lipinski definition) is 0. The molecule has 0 amide bonds. The van der Waals surface area contributed by atoms with Gasteiger partial charge in [-0.25, -0.2) is 0 Å². The molecule has 0 radical (unpaired) electrons. The van der Waals surface area contributed by atoms with Crippen LogP contribution in [0.5, 0.6) is 0 Å². The van der Waals surface area contributed by atoms with Crippen LogP contribution in [0.1, 0.15) is 292 Å². The molecule has 0 saturated carbocycles. The number of carbonyl (C=O) groups is 3. The Morgan fingerprint density at radius 2 is 0.583 bits per heavy atom. The zero-order chi connectivity index (χ0) is 44.2. The molecule has 0 aliphatic carbocycles. The summed E-state index contributed by atoms with van der Waals surface area (Å²) in [5, 5.41) is 0. The van der Waals surface area contributed by atoms with Gasteiger partial charge in [-0.15, -0.1) is 0 Å². The molecule has 0 aliphatic rings. The van der Waals surface area contributed by atoms with E-state index < -0.39 is 6.10 Å². The van der Waals surface area contributed by atoms with Crippen LogP contribution in [0, 0.1) is 17.8 Å². The van der Waals surface area contributed by atoms with E-state index in [0.717, 1.165) is 75.5 Å². The molecule has 0 fully saturated rings. The van der Waals surface area contributed by atoms with Crippen molar-refractivity contribution in [2.75, 3.05) is 13.2 Å². The number of hydrogen-bond acceptors (Lipinski definition) is 6. The van der Waals surface area contributed by atoms with E-state index in [1.807, 2.05) is 0 Å². The Kier molecular flexibility index (Phi) is 44.2. The molecule has 0 bridgehead atoms. The van der Waals surface area contributed by atoms with E-state index >= 15 is 0 Å². The van der Waals surface area contributed by atoms with E-state index in [0.29, 0.717) is 19.3 Å². The van der Waals surface area contributed by atoms with Crippen molar-refractivity contribution < 1.29 is 28.6 Å². The molecule has 6 nitrogen and oxygen atoms in total. The van der Waals surface area contributed by atoms with Crippen molar-refractivity contribution in [1.29, 1.82) is 0 Å². The molecule has 0 rings (SSSR count). The predicted octanol–water partition coefficient (Wildman–Crippen LogP) is 17.2. The monoisotopic (exact) mass is 849 g/mol. The number of ether oxygens (including phenoxy) is 3. The predicted molar refractivity (Wildman–Crippen MR) is 256 cm³/mol. The summed E-state index contributed by atoms with van der Waals surface area (Å²) < 4.78 is 16.8. The first kappa shape index (κ1) is 58.4. The van der Waals surface area contributed by atoms with E-state index in [4.69, 9.17) is 14.2 Å². The summed E-state index contributed by atoms with van der Waals surface area (Å²) >= 11 is 0. The molecule has 0 saturated heterocycles. The highest BCUT2D eigenvalue weighted by Crippen LogP contribution is 2.18. The molecular formula is C54H104O6. The van der Waals surface area contributed by atoms with Crippen LogP contribution in [0.3, 0.4) is 0 Å². The minimum Gasteiger partial charge on any atom is -0.462 e. The van der Waals surface area contributed by atoms with E-state index in [1.54, 1.807) is 0 Å². The molecular weight excluding hydrogens is 745 g/mol. The molecule has 356 valence electrons. The molecule has 0 spiro atoms. The first-order valence-corrected chi connectivity index (χ1v) is 26.6. The maximum Gasteiger partial charge on any atom is 0.306 e. The van der Waals surface area contributed by atoms with E-state index in [1.165, 1.54) is 173 Å². The first-order chi connectivity index (χ1) is 29.1. The fourth-order valence-electron chi connectivity index (χ4n) is 8.08. The quantitative estimate of drug-likeness (QED) is 0.0345. The zero-order valence-electron chi connectivity index (χ0n) is 41.3. The summed E-state index contributed by atoms with van der Waals surface area (Å²) in [6, 6.07) is 0. The number of unbranched alkanes of at least 4 members (excludes halogenated alkanes) is 29. The highest BCUT2D eigenvalue weighted by Gasteiger charge is 2.19. The second-order valence-electron chi connectivity index (χ2n) is 19.7. The molecule has 0 heterocycles. The lowest BCUT2D eigenvalue weighted by atomic mass is 9.99. The van der Waals surface area contributed by atoms with Crippen molar-refractivity contribution in [3.63, 3.8) is 0 Å². The van der Waals surface area contributed by atoms with Gasteiger partial charge in [-0.3, -0.25) is 14.4 Å². The molecule has 2 atom stereocenters. The van der Waals surface area contributed by atoms with Gasteiger partial charge in [0.1, 0.15) is 13.2 Å². The maximum absolute atomic E-state index is 12.8. The average molecular weight is 849 g/mol. The van der Waals surface area contributed by atoms with Gasteiger partial charge in [0, 0.05) is 19.3 Å². The van der Waals surface area contributed by atoms with Gasteiger partial charge in [0.15, 0.2) is 6.10 Å². The zero-order valence-corrected chi connectivity index (χ0v) is 41.3. The first-order valence-electron chi connectivity index (χ1n) is 26.6. The second-order valence-corrected chi connectivity index (χ2v) is 19.7. The Balaban J connectivity index is 4.19. The molecule has 1 unspecified atom stereocenters. The fourth-order valence-corrected chi connectivity index (χ4v) is 8.08. The Labute approximate surface area is 374 Å². The van der Waals surface area contributed by atoms with Gasteiger partial charge in [-0.1, -0.05) is 253 Å². The van der Waals surface area contributed by atoms with Crippen LogP contribution in [-0.2, 0) is 28.6 Å². The van der Waals surface area contributed by atoms with Crippen LogP contribution in [0.25, 0.3) is 0 Å². The molecule has 0 aromatic heterocycles. The summed E-state index contributed by atoms with van der Waals surface area (Å²) in [6.07, 6.45) is 45.4. The molecule has 6 heteroatoms. The van der Waals surface area contributed by atoms with Gasteiger partial charge < -0.3 is 14.2 Å². The number of carbonyl (C=O) groups excluding carboxylic acids is 3. The van der Waals surface area contributed by atoms with Crippen LogP contribution < -0.4 is 0 Å². The maximum atomic E-state index is 12.8. The van der Waals surface area contributed by atoms with Gasteiger partial charge in [0.25, 0.3) is 0 Å². The highest BCUT2D eigenvalue weighted by molar-refractivity contribution is 5.71. The van der Waals surface area contributed by atoms with Crippen LogP contribution in [0.4, 0.5) is 0 Å². The minimum atomic E-state index is -0.763. The Morgan fingerprint density at radius 3 is 0.867 bits per heavy atom. The van der Waals surface area contributed by atoms with Gasteiger partial charge in [0.2, 0.25) is 0 Å². The largest absolute Gasteiger partial charge is 0.462 e. The highest BCUT2D eigenvalue weighted by atomic mass is 16.6. The normalized spacial score (nSPS) is 12.6. The summed E-state index contributed by atoms with van der Waals surface area (Å²) in [5.41, 5.74) is 0. The Bertz CT molecular complexity index is 931. The molecule has 0 N–H and O–H groups in total. The van der Waals surface area contributed by atoms with Crippen molar-refractivity contribution in [1.82, 2.24) is 0 Å². The summed E-state index contributed by atoms with van der Waals surface area (Å²) in [7, 11) is 0. The molecule has 0 aliphatic heterocycles. The average Bonchev–Trinajstić information content (AvgIpc) is 3.22. The Hall–Kier alpha value is -1.59. The van der Waals surface area contributed by atoms with Crippen molar-refractivity contribution in [2.24, 2.45) is 17.8 Å². The third kappa shape index (κ3) is 45.9. The van der Waals surface area contributed by atoms with Crippen molar-refractivity contribution in [2.45, 2.75) is 298 Å². The number of esters is 3. The van der Waals surface area contributed by atoms with Crippen LogP contribution in [0.15, 0.2) is 0 Å². The van der Waals surface area contributed by atoms with Crippen molar-refractivity contribution >= 4 is 17.9 Å². The molecule has 60 heavy (non-hydrogen) atoms. The van der Waals surface area contributed by atoms with Crippen LogP contribution >= 0.6 is 0 Å². The van der Waals surface area contributed by atoms with Crippen LogP contribution in [0.2, 0.25) is 0 Å². The van der Waals surface area contributed by atoms with Gasteiger partial charge >= 0.3 is 17.9 Å². The van der Waals surface area contributed by atoms with E-state index in [2.05, 4.69) is 41.5 Å². The minimum absolute atomic E-state index is 0.0655. The van der Waals surface area contributed by atoms with E-state index in [-0.39, 0.29) is 31.1 Å². The molecule has 0 aromatic rings. The third-order valence-corrected chi connectivity index (χ3v) is 12.5. The van der Waals surface area contributed by atoms with Crippen molar-refractivity contribution in [3.8, 4) is 0 Å². The SMILES string of the molecule is CCC(C)CCCCCCCCCCC(=O)O[C@H](COC(=O)CCCCCCCCCCCCCCCCCCCCC(C)C)COC(=O)CCCCCCCCC(C)C. The summed E-state index contributed by atoms with van der Waals surface area (Å²) in [5.74, 6) is 1.61. The number of rotatable bonds is 47. The van der Waals surface area contributed by atoms with Gasteiger partial charge in [-0.2, -0.15) is 0 Å². The smallest absolute Gasteiger partial charge is 0.306 e.